The summed E-state index contributed by atoms with van der Waals surface area (Å²) in [6.07, 6.45) is 1.05. The minimum Gasteiger partial charge on any atom is -0.392 e. The molecule has 2 rings (SSSR count). The predicted octanol–water partition coefficient (Wildman–Crippen LogP) is 3.69. The Kier molecular flexibility index (Phi) is 3.62. The van der Waals surface area contributed by atoms with E-state index in [4.69, 9.17) is 28.3 Å². The van der Waals surface area contributed by atoms with Crippen molar-refractivity contribution in [3.8, 4) is 11.3 Å². The molecule has 2 aromatic rings. The van der Waals surface area contributed by atoms with Crippen molar-refractivity contribution in [1.29, 1.82) is 0 Å². The molecule has 88 valence electrons. The molecule has 1 aromatic carbocycles. The standard InChI is InChI=1S/C12H8Cl2FNO/c13-8-1-2-10(14)9(4-8)12-3-7(6-17)11(15)5-16-12/h1-5,17H,6H2. The average molecular weight is 272 g/mol. The molecule has 0 atom stereocenters. The van der Waals surface area contributed by atoms with Crippen LogP contribution >= 0.6 is 23.2 Å². The van der Waals surface area contributed by atoms with Gasteiger partial charge in [0.2, 0.25) is 0 Å². The van der Waals surface area contributed by atoms with Gasteiger partial charge in [0, 0.05) is 16.1 Å². The second-order valence-electron chi connectivity index (χ2n) is 3.44. The Bertz CT molecular complexity index is 560. The highest BCUT2D eigenvalue weighted by atomic mass is 35.5. The molecule has 0 aliphatic carbocycles. The topological polar surface area (TPSA) is 33.1 Å². The van der Waals surface area contributed by atoms with Crippen LogP contribution in [0.4, 0.5) is 4.39 Å². The van der Waals surface area contributed by atoms with Gasteiger partial charge in [0.05, 0.1) is 23.5 Å². The molecule has 0 fully saturated rings. The van der Waals surface area contributed by atoms with Crippen molar-refractivity contribution in [2.75, 3.05) is 0 Å². The van der Waals surface area contributed by atoms with Gasteiger partial charge >= 0.3 is 0 Å². The summed E-state index contributed by atoms with van der Waals surface area (Å²) in [4.78, 5) is 3.93. The van der Waals surface area contributed by atoms with Crippen LogP contribution in [0.2, 0.25) is 10.0 Å². The van der Waals surface area contributed by atoms with Crippen LogP contribution in [0.15, 0.2) is 30.5 Å². The van der Waals surface area contributed by atoms with Crippen molar-refractivity contribution in [3.63, 3.8) is 0 Å². The van der Waals surface area contributed by atoms with E-state index < -0.39 is 5.82 Å². The fraction of sp³-hybridized carbons (Fsp3) is 0.0833. The Morgan fingerprint density at radius 1 is 1.24 bits per heavy atom. The fourth-order valence-electron chi connectivity index (χ4n) is 1.44. The first-order valence-electron chi connectivity index (χ1n) is 4.82. The second-order valence-corrected chi connectivity index (χ2v) is 4.29. The van der Waals surface area contributed by atoms with Crippen LogP contribution in [0.3, 0.4) is 0 Å². The van der Waals surface area contributed by atoms with Crippen molar-refractivity contribution < 1.29 is 9.50 Å². The van der Waals surface area contributed by atoms with Gasteiger partial charge in [-0.25, -0.2) is 4.39 Å². The lowest BCUT2D eigenvalue weighted by Crippen LogP contribution is -1.94. The van der Waals surface area contributed by atoms with Crippen molar-refractivity contribution in [2.45, 2.75) is 6.61 Å². The lowest BCUT2D eigenvalue weighted by molar-refractivity contribution is 0.275. The molecule has 0 saturated carbocycles. The zero-order valence-corrected chi connectivity index (χ0v) is 10.1. The van der Waals surface area contributed by atoms with Gasteiger partial charge in [-0.1, -0.05) is 23.2 Å². The highest BCUT2D eigenvalue weighted by Crippen LogP contribution is 2.30. The first-order valence-corrected chi connectivity index (χ1v) is 5.58. The zero-order chi connectivity index (χ0) is 12.4. The number of rotatable bonds is 2. The molecule has 5 heteroatoms. The Morgan fingerprint density at radius 3 is 2.71 bits per heavy atom. The van der Waals surface area contributed by atoms with Crippen LogP contribution in [0.1, 0.15) is 5.56 Å². The van der Waals surface area contributed by atoms with E-state index in [0.717, 1.165) is 6.20 Å². The summed E-state index contributed by atoms with van der Waals surface area (Å²) in [6, 6.07) is 6.39. The number of aromatic nitrogens is 1. The molecule has 1 heterocycles. The smallest absolute Gasteiger partial charge is 0.147 e. The minimum absolute atomic E-state index is 0.172. The van der Waals surface area contributed by atoms with E-state index in [-0.39, 0.29) is 12.2 Å². The number of nitrogens with zero attached hydrogens (tertiary/aromatic N) is 1. The largest absolute Gasteiger partial charge is 0.392 e. The molecule has 0 aliphatic heterocycles. The van der Waals surface area contributed by atoms with Gasteiger partial charge in [0.1, 0.15) is 5.82 Å². The molecule has 0 aliphatic rings. The highest BCUT2D eigenvalue weighted by Gasteiger charge is 2.09. The lowest BCUT2D eigenvalue weighted by Gasteiger charge is -2.06. The van der Waals surface area contributed by atoms with E-state index in [9.17, 15) is 4.39 Å². The van der Waals surface area contributed by atoms with Gasteiger partial charge in [-0.15, -0.1) is 0 Å². The van der Waals surface area contributed by atoms with Crippen LogP contribution in [0.25, 0.3) is 11.3 Å². The normalized spacial score (nSPS) is 10.6. The number of hydrogen-bond acceptors (Lipinski definition) is 2. The van der Waals surface area contributed by atoms with Gasteiger partial charge in [0.15, 0.2) is 0 Å². The number of aliphatic hydroxyl groups is 1. The molecule has 0 unspecified atom stereocenters. The molecular weight excluding hydrogens is 264 g/mol. The maximum atomic E-state index is 13.2. The number of pyridine rings is 1. The van der Waals surface area contributed by atoms with Gasteiger partial charge in [-0.2, -0.15) is 0 Å². The van der Waals surface area contributed by atoms with Gasteiger partial charge < -0.3 is 5.11 Å². The molecule has 2 nitrogen and oxygen atoms in total. The van der Waals surface area contributed by atoms with Crippen LogP contribution in [-0.2, 0) is 6.61 Å². The fourth-order valence-corrected chi connectivity index (χ4v) is 1.83. The number of hydrogen-bond donors (Lipinski definition) is 1. The minimum atomic E-state index is -0.547. The maximum absolute atomic E-state index is 13.2. The van der Waals surface area contributed by atoms with Crippen molar-refractivity contribution in [2.24, 2.45) is 0 Å². The summed E-state index contributed by atoms with van der Waals surface area (Å²) in [5, 5.41) is 9.97. The third kappa shape index (κ3) is 2.57. The zero-order valence-electron chi connectivity index (χ0n) is 8.62. The molecule has 0 amide bonds. The molecule has 17 heavy (non-hydrogen) atoms. The Morgan fingerprint density at radius 2 is 2.00 bits per heavy atom. The summed E-state index contributed by atoms with van der Waals surface area (Å²) in [5.74, 6) is -0.547. The predicted molar refractivity (Wildman–Crippen MR) is 65.6 cm³/mol. The molecule has 1 aromatic heterocycles. The molecule has 0 bridgehead atoms. The summed E-state index contributed by atoms with van der Waals surface area (Å²) >= 11 is 11.9. The monoisotopic (exact) mass is 271 g/mol. The molecule has 1 N–H and O–H groups in total. The maximum Gasteiger partial charge on any atom is 0.147 e. The highest BCUT2D eigenvalue weighted by molar-refractivity contribution is 6.35. The number of halogens is 3. The van der Waals surface area contributed by atoms with Crippen molar-refractivity contribution in [3.05, 3.63) is 51.9 Å². The average Bonchev–Trinajstić information content (AvgIpc) is 2.33. The third-order valence-electron chi connectivity index (χ3n) is 2.31. The Labute approximate surface area is 108 Å². The van der Waals surface area contributed by atoms with Crippen molar-refractivity contribution >= 4 is 23.2 Å². The number of benzene rings is 1. The Hall–Kier alpha value is -1.16. The van der Waals surface area contributed by atoms with Gasteiger partial charge in [-0.05, 0) is 24.3 Å². The van der Waals surface area contributed by atoms with Crippen LogP contribution in [0, 0.1) is 5.82 Å². The summed E-state index contributed by atoms with van der Waals surface area (Å²) in [7, 11) is 0. The second kappa shape index (κ2) is 5.00. The van der Waals surface area contributed by atoms with Gasteiger partial charge in [-0.3, -0.25) is 4.98 Å². The van der Waals surface area contributed by atoms with E-state index in [1.807, 2.05) is 0 Å². The molecule has 0 spiro atoms. The third-order valence-corrected chi connectivity index (χ3v) is 2.87. The van der Waals surface area contributed by atoms with E-state index in [1.165, 1.54) is 6.07 Å². The Balaban J connectivity index is 2.56. The van der Waals surface area contributed by atoms with Crippen LogP contribution in [0.5, 0.6) is 0 Å². The van der Waals surface area contributed by atoms with Crippen LogP contribution < -0.4 is 0 Å². The first-order chi connectivity index (χ1) is 8.11. The SMILES string of the molecule is OCc1cc(-c2cc(Cl)ccc2Cl)ncc1F. The van der Waals surface area contributed by atoms with E-state index >= 15 is 0 Å². The quantitative estimate of drug-likeness (QED) is 0.904. The van der Waals surface area contributed by atoms with Crippen LogP contribution in [-0.4, -0.2) is 10.1 Å². The molecular formula is C12H8Cl2FNO. The van der Waals surface area contributed by atoms with E-state index in [1.54, 1.807) is 18.2 Å². The van der Waals surface area contributed by atoms with E-state index in [0.29, 0.717) is 21.3 Å². The number of aliphatic hydroxyl groups excluding tert-OH is 1. The first kappa shape index (κ1) is 12.3. The summed E-state index contributed by atoms with van der Waals surface area (Å²) in [6.45, 7) is -0.389. The van der Waals surface area contributed by atoms with Gasteiger partial charge in [0.25, 0.3) is 0 Å². The van der Waals surface area contributed by atoms with Crippen molar-refractivity contribution in [1.82, 2.24) is 4.98 Å². The van der Waals surface area contributed by atoms with E-state index in [2.05, 4.69) is 4.98 Å². The molecule has 0 saturated heterocycles. The molecule has 0 radical (unpaired) electrons. The summed E-state index contributed by atoms with van der Waals surface area (Å²) in [5.41, 5.74) is 1.25. The summed E-state index contributed by atoms with van der Waals surface area (Å²) < 4.78 is 13.2. The lowest BCUT2D eigenvalue weighted by atomic mass is 10.1.